The molecule has 1 atom stereocenters. The number of carbonyl (C=O) groups is 1. The predicted molar refractivity (Wildman–Crippen MR) is 61.4 cm³/mol. The van der Waals surface area contributed by atoms with Crippen LogP contribution in [0.3, 0.4) is 0 Å². The Bertz CT molecular complexity index is 336. The molecule has 0 spiro atoms. The quantitative estimate of drug-likeness (QED) is 0.804. The Morgan fingerprint density at radius 1 is 1.53 bits per heavy atom. The van der Waals surface area contributed by atoms with E-state index in [1.807, 2.05) is 0 Å². The maximum atomic E-state index is 11.2. The molecule has 0 saturated heterocycles. The molecule has 1 unspecified atom stereocenters. The molecule has 1 rings (SSSR count). The first-order chi connectivity index (χ1) is 7.04. The van der Waals surface area contributed by atoms with Crippen LogP contribution >= 0.6 is 11.3 Å². The summed E-state index contributed by atoms with van der Waals surface area (Å²) in [5, 5.41) is 4.00. The number of anilines is 1. The van der Waals surface area contributed by atoms with Crippen LogP contribution in [-0.2, 0) is 4.74 Å². The third-order valence-electron chi connectivity index (χ3n) is 2.24. The highest BCUT2D eigenvalue weighted by Crippen LogP contribution is 2.20. The van der Waals surface area contributed by atoms with E-state index in [1.165, 1.54) is 24.6 Å². The van der Waals surface area contributed by atoms with Crippen LogP contribution in [0.4, 0.5) is 5.13 Å². The Kier molecular flexibility index (Phi) is 4.08. The first-order valence-electron chi connectivity index (χ1n) is 4.85. The van der Waals surface area contributed by atoms with E-state index in [-0.39, 0.29) is 5.97 Å². The van der Waals surface area contributed by atoms with Gasteiger partial charge < -0.3 is 10.1 Å². The molecule has 1 N–H and O–H groups in total. The van der Waals surface area contributed by atoms with Crippen LogP contribution in [0, 0.1) is 5.92 Å². The van der Waals surface area contributed by atoms with Gasteiger partial charge in [-0.3, -0.25) is 0 Å². The average Bonchev–Trinajstić information content (AvgIpc) is 2.65. The summed E-state index contributed by atoms with van der Waals surface area (Å²) in [7, 11) is 1.37. The number of nitrogens with one attached hydrogen (secondary N) is 1. The first kappa shape index (κ1) is 12.0. The molecule has 1 aromatic heterocycles. The molecular formula is C10H16N2O2S. The van der Waals surface area contributed by atoms with E-state index in [1.54, 1.807) is 0 Å². The predicted octanol–water partition coefficient (Wildman–Crippen LogP) is 2.39. The number of thiazole rings is 1. The largest absolute Gasteiger partial charge is 0.465 e. The summed E-state index contributed by atoms with van der Waals surface area (Å²) in [6.45, 7) is 6.35. The number of hydrogen-bond donors (Lipinski definition) is 1. The molecule has 1 aromatic rings. The van der Waals surface area contributed by atoms with Crippen molar-refractivity contribution >= 4 is 22.4 Å². The van der Waals surface area contributed by atoms with Crippen LogP contribution in [0.2, 0.25) is 0 Å². The van der Waals surface area contributed by atoms with E-state index in [4.69, 9.17) is 0 Å². The average molecular weight is 228 g/mol. The van der Waals surface area contributed by atoms with Gasteiger partial charge in [0, 0.05) is 6.04 Å². The maximum absolute atomic E-state index is 11.2. The standard InChI is InChI=1S/C10H16N2O2S/c1-6(2)7(3)12-10-11-5-8(15-10)9(13)14-4/h5-7H,1-4H3,(H,11,12). The minimum atomic E-state index is -0.335. The van der Waals surface area contributed by atoms with Gasteiger partial charge in [0.05, 0.1) is 13.3 Å². The Morgan fingerprint density at radius 3 is 2.73 bits per heavy atom. The van der Waals surface area contributed by atoms with Gasteiger partial charge in [-0.05, 0) is 12.8 Å². The number of esters is 1. The second-order valence-electron chi connectivity index (χ2n) is 3.70. The van der Waals surface area contributed by atoms with Gasteiger partial charge in [0.15, 0.2) is 5.13 Å². The van der Waals surface area contributed by atoms with Gasteiger partial charge in [-0.1, -0.05) is 25.2 Å². The van der Waals surface area contributed by atoms with Crippen molar-refractivity contribution in [2.24, 2.45) is 5.92 Å². The van der Waals surface area contributed by atoms with Gasteiger partial charge in [-0.25, -0.2) is 9.78 Å². The molecule has 0 amide bonds. The van der Waals surface area contributed by atoms with Crippen LogP contribution in [0.1, 0.15) is 30.4 Å². The van der Waals surface area contributed by atoms with Crippen LogP contribution in [0.25, 0.3) is 0 Å². The monoisotopic (exact) mass is 228 g/mol. The van der Waals surface area contributed by atoms with Crippen molar-refractivity contribution in [3.05, 3.63) is 11.1 Å². The van der Waals surface area contributed by atoms with Crippen LogP contribution in [0.5, 0.6) is 0 Å². The van der Waals surface area contributed by atoms with E-state index in [0.29, 0.717) is 16.8 Å². The number of rotatable bonds is 4. The lowest BCUT2D eigenvalue weighted by atomic mass is 10.1. The van der Waals surface area contributed by atoms with Crippen molar-refractivity contribution in [2.75, 3.05) is 12.4 Å². The molecule has 0 fully saturated rings. The molecule has 0 aromatic carbocycles. The summed E-state index contributed by atoms with van der Waals surface area (Å²) in [6.07, 6.45) is 1.53. The summed E-state index contributed by atoms with van der Waals surface area (Å²) >= 11 is 1.31. The number of ether oxygens (including phenoxy) is 1. The van der Waals surface area contributed by atoms with E-state index in [2.05, 4.69) is 35.8 Å². The van der Waals surface area contributed by atoms with Crippen molar-refractivity contribution in [3.63, 3.8) is 0 Å². The molecule has 0 aliphatic heterocycles. The second kappa shape index (κ2) is 5.11. The zero-order valence-electron chi connectivity index (χ0n) is 9.40. The SMILES string of the molecule is COC(=O)c1cnc(NC(C)C(C)C)s1. The first-order valence-corrected chi connectivity index (χ1v) is 5.67. The zero-order valence-corrected chi connectivity index (χ0v) is 10.2. The summed E-state index contributed by atoms with van der Waals surface area (Å²) in [5.74, 6) is 0.188. The van der Waals surface area contributed by atoms with E-state index >= 15 is 0 Å². The minimum Gasteiger partial charge on any atom is -0.465 e. The molecule has 84 valence electrons. The summed E-state index contributed by atoms with van der Waals surface area (Å²) in [5.41, 5.74) is 0. The zero-order chi connectivity index (χ0) is 11.4. The smallest absolute Gasteiger partial charge is 0.349 e. The van der Waals surface area contributed by atoms with Gasteiger partial charge >= 0.3 is 5.97 Å². The fourth-order valence-corrected chi connectivity index (χ4v) is 1.73. The van der Waals surface area contributed by atoms with Gasteiger partial charge in [0.2, 0.25) is 0 Å². The van der Waals surface area contributed by atoms with Crippen molar-refractivity contribution < 1.29 is 9.53 Å². The summed E-state index contributed by atoms with van der Waals surface area (Å²) in [6, 6.07) is 0.335. The number of carbonyl (C=O) groups excluding carboxylic acids is 1. The highest BCUT2D eigenvalue weighted by Gasteiger charge is 2.13. The molecule has 4 nitrogen and oxygen atoms in total. The molecule has 0 aliphatic rings. The third-order valence-corrected chi connectivity index (χ3v) is 3.15. The highest BCUT2D eigenvalue weighted by atomic mass is 32.1. The fourth-order valence-electron chi connectivity index (χ4n) is 0.897. The Balaban J connectivity index is 2.64. The molecule has 0 bridgehead atoms. The van der Waals surface area contributed by atoms with E-state index in [9.17, 15) is 4.79 Å². The van der Waals surface area contributed by atoms with Crippen molar-refractivity contribution in [2.45, 2.75) is 26.8 Å². The number of nitrogens with zero attached hydrogens (tertiary/aromatic N) is 1. The highest BCUT2D eigenvalue weighted by molar-refractivity contribution is 7.17. The second-order valence-corrected chi connectivity index (χ2v) is 4.73. The molecule has 0 aliphatic carbocycles. The minimum absolute atomic E-state index is 0.335. The van der Waals surface area contributed by atoms with Gasteiger partial charge in [0.25, 0.3) is 0 Å². The van der Waals surface area contributed by atoms with Crippen LogP contribution < -0.4 is 5.32 Å². The van der Waals surface area contributed by atoms with Crippen LogP contribution in [0.15, 0.2) is 6.20 Å². The van der Waals surface area contributed by atoms with Crippen molar-refractivity contribution in [3.8, 4) is 0 Å². The third kappa shape index (κ3) is 3.20. The Labute approximate surface area is 93.7 Å². The maximum Gasteiger partial charge on any atom is 0.349 e. The van der Waals surface area contributed by atoms with Gasteiger partial charge in [-0.15, -0.1) is 0 Å². The molecule has 5 heteroatoms. The molecular weight excluding hydrogens is 212 g/mol. The van der Waals surface area contributed by atoms with Gasteiger partial charge in [-0.2, -0.15) is 0 Å². The number of aromatic nitrogens is 1. The van der Waals surface area contributed by atoms with Crippen molar-refractivity contribution in [1.82, 2.24) is 4.98 Å². The lowest BCUT2D eigenvalue weighted by Crippen LogP contribution is -2.21. The summed E-state index contributed by atoms with van der Waals surface area (Å²) in [4.78, 5) is 15.8. The molecule has 1 heterocycles. The fraction of sp³-hybridized carbons (Fsp3) is 0.600. The summed E-state index contributed by atoms with van der Waals surface area (Å²) < 4.78 is 4.61. The van der Waals surface area contributed by atoms with Crippen LogP contribution in [-0.4, -0.2) is 24.1 Å². The van der Waals surface area contributed by atoms with Gasteiger partial charge in [0.1, 0.15) is 4.88 Å². The molecule has 0 radical (unpaired) electrons. The molecule has 15 heavy (non-hydrogen) atoms. The van der Waals surface area contributed by atoms with Crippen molar-refractivity contribution in [1.29, 1.82) is 0 Å². The lowest BCUT2D eigenvalue weighted by molar-refractivity contribution is 0.0606. The Morgan fingerprint density at radius 2 is 2.20 bits per heavy atom. The topological polar surface area (TPSA) is 51.2 Å². The normalized spacial score (nSPS) is 12.6. The number of methoxy groups -OCH3 is 1. The Hall–Kier alpha value is -1.10. The van der Waals surface area contributed by atoms with E-state index in [0.717, 1.165) is 5.13 Å². The lowest BCUT2D eigenvalue weighted by Gasteiger charge is -2.16. The van der Waals surface area contributed by atoms with E-state index < -0.39 is 0 Å². The number of hydrogen-bond acceptors (Lipinski definition) is 5. The molecule has 0 saturated carbocycles.